The molecule has 1 N–H and O–H groups in total. The Kier molecular flexibility index (Phi) is 3.65. The first-order valence-electron chi connectivity index (χ1n) is 7.17. The molecule has 2 atom stereocenters. The van der Waals surface area contributed by atoms with E-state index in [1.54, 1.807) is 10.9 Å². The highest BCUT2D eigenvalue weighted by Gasteiger charge is 2.26. The summed E-state index contributed by atoms with van der Waals surface area (Å²) < 4.78 is 2.22. The molecule has 2 saturated carbocycles. The van der Waals surface area contributed by atoms with Gasteiger partial charge in [0.25, 0.3) is 5.56 Å². The van der Waals surface area contributed by atoms with Crippen molar-refractivity contribution < 1.29 is 0 Å². The summed E-state index contributed by atoms with van der Waals surface area (Å²) in [7, 11) is 0. The number of rotatable bonds is 4. The predicted molar refractivity (Wildman–Crippen MR) is 79.3 cm³/mol. The lowest BCUT2D eigenvalue weighted by molar-refractivity contribution is 0.528. The first-order valence-corrected chi connectivity index (χ1v) is 7.96. The van der Waals surface area contributed by atoms with Crippen molar-refractivity contribution in [1.82, 2.24) is 9.78 Å². The average Bonchev–Trinajstić information content (AvgIpc) is 3.12. The number of anilines is 1. The predicted octanol–water partition coefficient (Wildman–Crippen LogP) is 3.02. The molecule has 0 aromatic carbocycles. The summed E-state index contributed by atoms with van der Waals surface area (Å²) in [6.45, 7) is 3.03. The van der Waals surface area contributed by atoms with Gasteiger partial charge in [-0.2, -0.15) is 5.10 Å². The minimum Gasteiger partial charge on any atom is -0.380 e. The lowest BCUT2D eigenvalue weighted by Crippen LogP contribution is -2.28. The highest BCUT2D eigenvalue weighted by Crippen LogP contribution is 2.31. The number of nitrogens with zero attached hydrogens (tertiary/aromatic N) is 2. The zero-order valence-electron chi connectivity index (χ0n) is 11.2. The molecule has 104 valence electrons. The number of nitrogens with one attached hydrogen (secondary N) is 1. The zero-order valence-corrected chi connectivity index (χ0v) is 12.8. The number of aromatic nitrogens is 2. The van der Waals surface area contributed by atoms with E-state index in [1.165, 1.54) is 32.1 Å². The number of halogens is 1. The molecule has 19 heavy (non-hydrogen) atoms. The summed E-state index contributed by atoms with van der Waals surface area (Å²) in [6, 6.07) is 0.469. The summed E-state index contributed by atoms with van der Waals surface area (Å²) >= 11 is 3.43. The van der Waals surface area contributed by atoms with Gasteiger partial charge >= 0.3 is 0 Å². The van der Waals surface area contributed by atoms with Crippen LogP contribution in [0.2, 0.25) is 0 Å². The zero-order chi connectivity index (χ0) is 13.4. The molecule has 0 saturated heterocycles. The second-order valence-electron chi connectivity index (χ2n) is 5.96. The van der Waals surface area contributed by atoms with Gasteiger partial charge in [-0.25, -0.2) is 4.68 Å². The van der Waals surface area contributed by atoms with Gasteiger partial charge in [-0.15, -0.1) is 0 Å². The van der Waals surface area contributed by atoms with Crippen LogP contribution in [0.4, 0.5) is 5.69 Å². The van der Waals surface area contributed by atoms with E-state index >= 15 is 0 Å². The maximum Gasteiger partial charge on any atom is 0.283 e. The third-order valence-electron chi connectivity index (χ3n) is 4.32. The van der Waals surface area contributed by atoms with Gasteiger partial charge in [-0.3, -0.25) is 4.79 Å². The van der Waals surface area contributed by atoms with Crippen molar-refractivity contribution in [3.05, 3.63) is 21.0 Å². The first kappa shape index (κ1) is 13.2. The van der Waals surface area contributed by atoms with Gasteiger partial charge in [0.1, 0.15) is 4.47 Å². The fourth-order valence-corrected chi connectivity index (χ4v) is 3.22. The summed E-state index contributed by atoms with van der Waals surface area (Å²) in [5.74, 6) is 1.33. The van der Waals surface area contributed by atoms with Crippen LogP contribution >= 0.6 is 15.9 Å². The van der Waals surface area contributed by atoms with Gasteiger partial charge in [-0.05, 0) is 53.4 Å². The van der Waals surface area contributed by atoms with Crippen molar-refractivity contribution in [3.63, 3.8) is 0 Å². The van der Waals surface area contributed by atoms with E-state index in [1.807, 2.05) is 0 Å². The minimum atomic E-state index is -0.0115. The van der Waals surface area contributed by atoms with E-state index in [4.69, 9.17) is 0 Å². The summed E-state index contributed by atoms with van der Waals surface area (Å²) in [6.07, 6.45) is 7.96. The number of hydrogen-bond donors (Lipinski definition) is 1. The van der Waals surface area contributed by atoms with Gasteiger partial charge < -0.3 is 5.32 Å². The van der Waals surface area contributed by atoms with Crippen LogP contribution in [0.3, 0.4) is 0 Å². The lowest BCUT2D eigenvalue weighted by atomic mass is 10.1. The van der Waals surface area contributed by atoms with Crippen LogP contribution in [0.1, 0.15) is 39.0 Å². The monoisotopic (exact) mass is 325 g/mol. The third-order valence-corrected chi connectivity index (χ3v) is 5.08. The Hall–Kier alpha value is -0.840. The normalized spacial score (nSPS) is 26.6. The van der Waals surface area contributed by atoms with E-state index in [2.05, 4.69) is 33.3 Å². The van der Waals surface area contributed by atoms with Crippen LogP contribution in [-0.4, -0.2) is 15.8 Å². The molecule has 2 aliphatic rings. The largest absolute Gasteiger partial charge is 0.380 e. The molecule has 2 unspecified atom stereocenters. The fraction of sp³-hybridized carbons (Fsp3) is 0.714. The molecular formula is C14H20BrN3O. The Morgan fingerprint density at radius 3 is 2.84 bits per heavy atom. The molecule has 0 bridgehead atoms. The number of hydrogen-bond acceptors (Lipinski definition) is 3. The van der Waals surface area contributed by atoms with Crippen LogP contribution in [0.25, 0.3) is 0 Å². The SMILES string of the molecule is CC1CCCC1Nc1cnn(CC2CC2)c(=O)c1Br. The Morgan fingerprint density at radius 2 is 2.21 bits per heavy atom. The standard InChI is InChI=1S/C14H20BrN3O/c1-9-3-2-4-11(9)17-12-7-16-18(8-10-5-6-10)14(19)13(12)15/h7,9-11,17H,2-6,8H2,1H3. The van der Waals surface area contributed by atoms with Gasteiger partial charge in [-0.1, -0.05) is 13.3 Å². The Bertz CT molecular complexity index is 524. The average molecular weight is 326 g/mol. The molecule has 2 aliphatic carbocycles. The van der Waals surface area contributed by atoms with Gasteiger partial charge in [0.15, 0.2) is 0 Å². The smallest absolute Gasteiger partial charge is 0.283 e. The molecule has 1 heterocycles. The summed E-state index contributed by atoms with van der Waals surface area (Å²) in [5, 5.41) is 7.77. The molecule has 4 nitrogen and oxygen atoms in total. The summed E-state index contributed by atoms with van der Waals surface area (Å²) in [5.41, 5.74) is 0.832. The van der Waals surface area contributed by atoms with E-state index in [0.717, 1.165) is 12.2 Å². The van der Waals surface area contributed by atoms with Gasteiger partial charge in [0, 0.05) is 12.6 Å². The van der Waals surface area contributed by atoms with Crippen LogP contribution in [0.5, 0.6) is 0 Å². The molecule has 1 aromatic rings. The lowest BCUT2D eigenvalue weighted by Gasteiger charge is -2.19. The molecule has 2 fully saturated rings. The Balaban J connectivity index is 1.78. The third kappa shape index (κ3) is 2.86. The van der Waals surface area contributed by atoms with E-state index in [-0.39, 0.29) is 5.56 Å². The van der Waals surface area contributed by atoms with Crippen molar-refractivity contribution in [2.75, 3.05) is 5.32 Å². The van der Waals surface area contributed by atoms with E-state index in [0.29, 0.717) is 22.4 Å². The van der Waals surface area contributed by atoms with Crippen LogP contribution < -0.4 is 10.9 Å². The molecule has 0 amide bonds. The van der Waals surface area contributed by atoms with Crippen molar-refractivity contribution in [2.45, 2.75) is 51.6 Å². The fourth-order valence-electron chi connectivity index (χ4n) is 2.80. The molecular weight excluding hydrogens is 306 g/mol. The Labute approximate surface area is 121 Å². The van der Waals surface area contributed by atoms with E-state index < -0.39 is 0 Å². The highest BCUT2D eigenvalue weighted by atomic mass is 79.9. The van der Waals surface area contributed by atoms with Crippen LogP contribution in [-0.2, 0) is 6.54 Å². The van der Waals surface area contributed by atoms with Crippen molar-refractivity contribution in [1.29, 1.82) is 0 Å². The molecule has 0 spiro atoms. The van der Waals surface area contributed by atoms with Gasteiger partial charge in [0.05, 0.1) is 11.9 Å². The highest BCUT2D eigenvalue weighted by molar-refractivity contribution is 9.10. The van der Waals surface area contributed by atoms with Crippen LogP contribution in [0, 0.1) is 11.8 Å². The maximum absolute atomic E-state index is 12.2. The maximum atomic E-state index is 12.2. The molecule has 0 radical (unpaired) electrons. The minimum absolute atomic E-state index is 0.0115. The van der Waals surface area contributed by atoms with Crippen molar-refractivity contribution in [2.24, 2.45) is 11.8 Å². The van der Waals surface area contributed by atoms with Crippen molar-refractivity contribution in [3.8, 4) is 0 Å². The van der Waals surface area contributed by atoms with Gasteiger partial charge in [0.2, 0.25) is 0 Å². The van der Waals surface area contributed by atoms with Crippen LogP contribution in [0.15, 0.2) is 15.5 Å². The second kappa shape index (κ2) is 5.27. The molecule has 5 heteroatoms. The van der Waals surface area contributed by atoms with Crippen molar-refractivity contribution >= 4 is 21.6 Å². The topological polar surface area (TPSA) is 46.9 Å². The second-order valence-corrected chi connectivity index (χ2v) is 6.75. The summed E-state index contributed by atoms with van der Waals surface area (Å²) in [4.78, 5) is 12.2. The van der Waals surface area contributed by atoms with E-state index in [9.17, 15) is 4.79 Å². The first-order chi connectivity index (χ1) is 9.15. The molecule has 0 aliphatic heterocycles. The quantitative estimate of drug-likeness (QED) is 0.925. The Morgan fingerprint density at radius 1 is 1.42 bits per heavy atom. The molecule has 1 aromatic heterocycles. The molecule has 3 rings (SSSR count).